The maximum Gasteiger partial charge on any atom is 0.321 e. The Balaban J connectivity index is 1.28. The Morgan fingerprint density at radius 3 is 2.18 bits per heavy atom. The van der Waals surface area contributed by atoms with Gasteiger partial charge in [0.05, 0.1) is 0 Å². The Kier molecular flexibility index (Phi) is 5.62. The second kappa shape index (κ2) is 8.48. The predicted octanol–water partition coefficient (Wildman–Crippen LogP) is 2.19. The van der Waals surface area contributed by atoms with Gasteiger partial charge in [0.25, 0.3) is 0 Å². The minimum atomic E-state index is -0.0342. The summed E-state index contributed by atoms with van der Waals surface area (Å²) in [5.74, 6) is 0.974. The lowest BCUT2D eigenvalue weighted by Gasteiger charge is -2.35. The third-order valence-electron chi connectivity index (χ3n) is 5.53. The Morgan fingerprint density at radius 1 is 0.857 bits per heavy atom. The highest BCUT2D eigenvalue weighted by molar-refractivity contribution is 5.89. The quantitative estimate of drug-likeness (QED) is 0.885. The van der Waals surface area contributed by atoms with E-state index in [0.717, 1.165) is 50.8 Å². The van der Waals surface area contributed by atoms with Gasteiger partial charge in [-0.25, -0.2) is 9.78 Å². The van der Waals surface area contributed by atoms with E-state index in [9.17, 15) is 4.79 Å². The molecule has 2 aliphatic rings. The minimum absolute atomic E-state index is 0.0342. The largest absolute Gasteiger partial charge is 0.369 e. The van der Waals surface area contributed by atoms with Crippen molar-refractivity contribution in [2.75, 3.05) is 74.5 Å². The van der Waals surface area contributed by atoms with Gasteiger partial charge in [0.15, 0.2) is 0 Å². The molecule has 1 aromatic heterocycles. The molecule has 0 unspecified atom stereocenters. The summed E-state index contributed by atoms with van der Waals surface area (Å²) in [6.45, 7) is 7.25. The molecule has 2 fully saturated rings. The van der Waals surface area contributed by atoms with Crippen molar-refractivity contribution in [2.24, 2.45) is 0 Å². The van der Waals surface area contributed by atoms with Crippen molar-refractivity contribution in [2.45, 2.75) is 0 Å². The maximum atomic E-state index is 12.6. The second-order valence-electron chi connectivity index (χ2n) is 7.43. The first kappa shape index (κ1) is 18.6. The maximum absolute atomic E-state index is 12.6. The van der Waals surface area contributed by atoms with Gasteiger partial charge in [-0.1, -0.05) is 6.07 Å². The molecule has 1 aromatic carbocycles. The molecule has 0 bridgehead atoms. The van der Waals surface area contributed by atoms with Crippen LogP contribution in [0.3, 0.4) is 0 Å². The first-order valence-corrected chi connectivity index (χ1v) is 9.94. The standard InChI is InChI=1S/C21H28N6O/c1-24-10-12-25(13-11-24)19-7-5-18(6-8-19)23-21(28)27-16-14-26(15-17-27)20-4-2-3-9-22-20/h2-9H,10-17H2,1H3,(H,23,28). The highest BCUT2D eigenvalue weighted by atomic mass is 16.2. The van der Waals surface area contributed by atoms with Crippen LogP contribution in [0.5, 0.6) is 0 Å². The third-order valence-corrected chi connectivity index (χ3v) is 5.53. The molecule has 7 heteroatoms. The molecule has 0 atom stereocenters. The van der Waals surface area contributed by atoms with Crippen molar-refractivity contribution in [1.82, 2.24) is 14.8 Å². The highest BCUT2D eigenvalue weighted by Gasteiger charge is 2.22. The lowest BCUT2D eigenvalue weighted by molar-refractivity contribution is 0.208. The fourth-order valence-electron chi connectivity index (χ4n) is 3.70. The number of likely N-dealkylation sites (N-methyl/N-ethyl adjacent to an activating group) is 1. The van der Waals surface area contributed by atoms with Crippen LogP contribution in [0.1, 0.15) is 0 Å². The van der Waals surface area contributed by atoms with E-state index in [-0.39, 0.29) is 6.03 Å². The van der Waals surface area contributed by atoms with Crippen molar-refractivity contribution in [3.05, 3.63) is 48.7 Å². The predicted molar refractivity (Wildman–Crippen MR) is 113 cm³/mol. The number of amides is 2. The average molecular weight is 380 g/mol. The van der Waals surface area contributed by atoms with Gasteiger partial charge in [-0.15, -0.1) is 0 Å². The molecule has 0 saturated carbocycles. The fraction of sp³-hybridized carbons (Fsp3) is 0.429. The zero-order chi connectivity index (χ0) is 19.3. The number of carbonyl (C=O) groups excluding carboxylic acids is 1. The summed E-state index contributed by atoms with van der Waals surface area (Å²) in [5.41, 5.74) is 2.06. The van der Waals surface area contributed by atoms with Gasteiger partial charge in [0.1, 0.15) is 5.82 Å². The molecule has 28 heavy (non-hydrogen) atoms. The molecule has 4 rings (SSSR count). The molecule has 0 radical (unpaired) electrons. The molecule has 2 amide bonds. The molecular weight excluding hydrogens is 352 g/mol. The molecule has 0 spiro atoms. The Hall–Kier alpha value is -2.80. The minimum Gasteiger partial charge on any atom is -0.369 e. The normalized spacial score (nSPS) is 18.2. The number of piperazine rings is 2. The van der Waals surface area contributed by atoms with Crippen LogP contribution in [0.15, 0.2) is 48.7 Å². The van der Waals surface area contributed by atoms with Gasteiger partial charge in [-0.3, -0.25) is 0 Å². The zero-order valence-electron chi connectivity index (χ0n) is 16.4. The van der Waals surface area contributed by atoms with Crippen LogP contribution in [-0.4, -0.2) is 80.2 Å². The number of nitrogens with zero attached hydrogens (tertiary/aromatic N) is 5. The van der Waals surface area contributed by atoms with Crippen molar-refractivity contribution in [1.29, 1.82) is 0 Å². The van der Waals surface area contributed by atoms with Gasteiger partial charge in [0.2, 0.25) is 0 Å². The molecule has 1 N–H and O–H groups in total. The molecule has 3 heterocycles. The molecule has 7 nitrogen and oxygen atoms in total. The van der Waals surface area contributed by atoms with Crippen molar-refractivity contribution in [3.63, 3.8) is 0 Å². The lowest BCUT2D eigenvalue weighted by atomic mass is 10.2. The SMILES string of the molecule is CN1CCN(c2ccc(NC(=O)N3CCN(c4ccccn4)CC3)cc2)CC1. The molecule has 2 aliphatic heterocycles. The average Bonchev–Trinajstić information content (AvgIpc) is 2.76. The number of nitrogens with one attached hydrogen (secondary N) is 1. The van der Waals surface area contributed by atoms with Gasteiger partial charge >= 0.3 is 6.03 Å². The van der Waals surface area contributed by atoms with Crippen LogP contribution in [-0.2, 0) is 0 Å². The number of anilines is 3. The number of pyridine rings is 1. The first-order valence-electron chi connectivity index (χ1n) is 9.94. The smallest absolute Gasteiger partial charge is 0.321 e. The molecule has 148 valence electrons. The van der Waals surface area contributed by atoms with Gasteiger partial charge in [0, 0.05) is 69.9 Å². The summed E-state index contributed by atoms with van der Waals surface area (Å²) in [4.78, 5) is 25.8. The summed E-state index contributed by atoms with van der Waals surface area (Å²) in [6, 6.07) is 14.1. The number of benzene rings is 1. The fourth-order valence-corrected chi connectivity index (χ4v) is 3.70. The van der Waals surface area contributed by atoms with E-state index in [1.54, 1.807) is 6.20 Å². The third kappa shape index (κ3) is 4.36. The van der Waals surface area contributed by atoms with Crippen LogP contribution in [0.4, 0.5) is 22.0 Å². The molecule has 2 saturated heterocycles. The Morgan fingerprint density at radius 2 is 1.54 bits per heavy atom. The summed E-state index contributed by atoms with van der Waals surface area (Å²) >= 11 is 0. The number of hydrogen-bond donors (Lipinski definition) is 1. The number of rotatable bonds is 3. The topological polar surface area (TPSA) is 55.0 Å². The van der Waals surface area contributed by atoms with Crippen LogP contribution < -0.4 is 15.1 Å². The molecular formula is C21H28N6O. The number of hydrogen-bond acceptors (Lipinski definition) is 5. The number of urea groups is 1. The van der Waals surface area contributed by atoms with E-state index in [2.05, 4.69) is 44.2 Å². The number of carbonyl (C=O) groups is 1. The highest BCUT2D eigenvalue weighted by Crippen LogP contribution is 2.20. The van der Waals surface area contributed by atoms with E-state index in [1.807, 2.05) is 35.2 Å². The summed E-state index contributed by atoms with van der Waals surface area (Å²) in [7, 11) is 2.16. The van der Waals surface area contributed by atoms with Gasteiger partial charge in [-0.05, 0) is 43.4 Å². The van der Waals surface area contributed by atoms with Crippen LogP contribution >= 0.6 is 0 Å². The van der Waals surface area contributed by atoms with E-state index in [0.29, 0.717) is 13.1 Å². The van der Waals surface area contributed by atoms with Crippen LogP contribution in [0.2, 0.25) is 0 Å². The van der Waals surface area contributed by atoms with Crippen molar-refractivity contribution >= 4 is 23.2 Å². The monoisotopic (exact) mass is 380 g/mol. The number of aromatic nitrogens is 1. The van der Waals surface area contributed by atoms with Crippen molar-refractivity contribution < 1.29 is 4.79 Å². The van der Waals surface area contributed by atoms with Crippen LogP contribution in [0, 0.1) is 0 Å². The lowest BCUT2D eigenvalue weighted by Crippen LogP contribution is -2.50. The van der Waals surface area contributed by atoms with E-state index < -0.39 is 0 Å². The zero-order valence-corrected chi connectivity index (χ0v) is 16.4. The van der Waals surface area contributed by atoms with E-state index in [1.165, 1.54) is 5.69 Å². The molecule has 0 aliphatic carbocycles. The van der Waals surface area contributed by atoms with Gasteiger partial charge in [-0.2, -0.15) is 0 Å². The van der Waals surface area contributed by atoms with E-state index in [4.69, 9.17) is 0 Å². The second-order valence-corrected chi connectivity index (χ2v) is 7.43. The van der Waals surface area contributed by atoms with Crippen molar-refractivity contribution in [3.8, 4) is 0 Å². The van der Waals surface area contributed by atoms with Crippen LogP contribution in [0.25, 0.3) is 0 Å². The first-order chi connectivity index (χ1) is 13.7. The Bertz CT molecular complexity index is 765. The Labute approximate surface area is 166 Å². The summed E-state index contributed by atoms with van der Waals surface area (Å²) < 4.78 is 0. The molecule has 2 aromatic rings. The summed E-state index contributed by atoms with van der Waals surface area (Å²) in [5, 5.41) is 3.03. The van der Waals surface area contributed by atoms with Gasteiger partial charge < -0.3 is 24.9 Å². The summed E-state index contributed by atoms with van der Waals surface area (Å²) in [6.07, 6.45) is 1.81. The van der Waals surface area contributed by atoms with E-state index >= 15 is 0 Å².